The number of hydrogen-bond acceptors (Lipinski definition) is 8. The number of carbonyl (C=O) groups is 5. The van der Waals surface area contributed by atoms with Crippen molar-refractivity contribution in [3.8, 4) is 0 Å². The van der Waals surface area contributed by atoms with Crippen molar-refractivity contribution in [3.05, 3.63) is 36.4 Å². The van der Waals surface area contributed by atoms with E-state index in [-0.39, 0.29) is 12.8 Å². The second-order valence-electron chi connectivity index (χ2n) is 7.47. The molecule has 0 aliphatic rings. The summed E-state index contributed by atoms with van der Waals surface area (Å²) in [7, 11) is 0. The van der Waals surface area contributed by atoms with Crippen molar-refractivity contribution >= 4 is 29.7 Å². The lowest BCUT2D eigenvalue weighted by Crippen LogP contribution is -2.58. The van der Waals surface area contributed by atoms with Gasteiger partial charge in [-0.2, -0.15) is 0 Å². The van der Waals surface area contributed by atoms with Crippen molar-refractivity contribution in [3.63, 3.8) is 0 Å². The average Bonchev–Trinajstić information content (AvgIpc) is 3.45. The summed E-state index contributed by atoms with van der Waals surface area (Å²) in [6, 6.07) is -5.19. The number of nitrogens with zero attached hydrogens (tertiary/aromatic N) is 2. The summed E-state index contributed by atoms with van der Waals surface area (Å²) in [6.45, 7) is 1.35. The summed E-state index contributed by atoms with van der Waals surface area (Å²) in [5.74, 6) is -5.26. The van der Waals surface area contributed by atoms with Crippen LogP contribution in [-0.4, -0.2) is 84.0 Å². The third kappa shape index (κ3) is 8.01. The first-order valence-corrected chi connectivity index (χ1v) is 10.1. The topological polar surface area (TPSA) is 245 Å². The molecule has 0 bridgehead atoms. The quantitative estimate of drug-likeness (QED) is 0.148. The Morgan fingerprint density at radius 2 is 1.32 bits per heavy atom. The standard InChI is InChI=1S/C19H26N8O7/c1-9(20)16(30)25-13(4-15(28)29)18(32)26-12(2-10-5-21-7-23-10)17(31)27-14(19(33)34)3-11-6-22-8-24-11/h5-9,12-14H,2-4,20H2,1H3,(H,21,23)(H,22,24)(H,25,30)(H,26,32)(H,27,31)(H,28,29)(H,33,34). The van der Waals surface area contributed by atoms with E-state index in [2.05, 4.69) is 35.9 Å². The van der Waals surface area contributed by atoms with E-state index in [9.17, 15) is 29.1 Å². The average molecular weight is 478 g/mol. The minimum Gasteiger partial charge on any atom is -0.481 e. The molecule has 2 heterocycles. The Bertz CT molecular complexity index is 990. The molecule has 15 nitrogen and oxygen atoms in total. The number of nitrogens with two attached hydrogens (primary N) is 1. The van der Waals surface area contributed by atoms with Crippen LogP contribution in [0.15, 0.2) is 25.0 Å². The van der Waals surface area contributed by atoms with Gasteiger partial charge in [0.1, 0.15) is 18.1 Å². The molecule has 0 spiro atoms. The Labute approximate surface area is 192 Å². The second-order valence-corrected chi connectivity index (χ2v) is 7.47. The molecular weight excluding hydrogens is 452 g/mol. The molecule has 0 aliphatic carbocycles. The fourth-order valence-electron chi connectivity index (χ4n) is 2.87. The number of amides is 3. The van der Waals surface area contributed by atoms with Gasteiger partial charge in [0, 0.05) is 36.6 Å². The largest absolute Gasteiger partial charge is 0.481 e. The Balaban J connectivity index is 2.19. The third-order valence-electron chi connectivity index (χ3n) is 4.63. The van der Waals surface area contributed by atoms with Crippen LogP contribution in [-0.2, 0) is 36.8 Å². The maximum absolute atomic E-state index is 13.0. The zero-order valence-corrected chi connectivity index (χ0v) is 18.1. The lowest BCUT2D eigenvalue weighted by atomic mass is 10.1. The molecule has 4 unspecified atom stereocenters. The van der Waals surface area contributed by atoms with Crippen LogP contribution >= 0.6 is 0 Å². The van der Waals surface area contributed by atoms with Gasteiger partial charge in [0.2, 0.25) is 17.7 Å². The van der Waals surface area contributed by atoms with Crippen LogP contribution in [0.3, 0.4) is 0 Å². The van der Waals surface area contributed by atoms with E-state index in [4.69, 9.17) is 10.8 Å². The first-order valence-electron chi connectivity index (χ1n) is 10.1. The molecule has 2 aromatic rings. The molecule has 3 amide bonds. The number of nitrogens with one attached hydrogen (secondary N) is 5. The number of carbonyl (C=O) groups excluding carboxylic acids is 3. The molecular formula is C19H26N8O7. The molecule has 9 N–H and O–H groups in total. The van der Waals surface area contributed by atoms with Gasteiger partial charge in [0.05, 0.1) is 25.1 Å². The second kappa shape index (κ2) is 12.1. The maximum Gasteiger partial charge on any atom is 0.326 e. The van der Waals surface area contributed by atoms with Crippen molar-refractivity contribution in [2.24, 2.45) is 5.73 Å². The molecule has 2 aromatic heterocycles. The molecule has 0 radical (unpaired) electrons. The van der Waals surface area contributed by atoms with Gasteiger partial charge in [-0.15, -0.1) is 0 Å². The summed E-state index contributed by atoms with van der Waals surface area (Å²) in [5.41, 5.74) is 6.36. The maximum atomic E-state index is 13.0. The molecule has 4 atom stereocenters. The zero-order valence-electron chi connectivity index (χ0n) is 18.1. The minimum atomic E-state index is -1.52. The number of aromatic amines is 2. The van der Waals surface area contributed by atoms with Crippen LogP contribution in [0.2, 0.25) is 0 Å². The van der Waals surface area contributed by atoms with Crippen molar-refractivity contribution in [1.29, 1.82) is 0 Å². The lowest BCUT2D eigenvalue weighted by molar-refractivity contribution is -0.143. The van der Waals surface area contributed by atoms with E-state index >= 15 is 0 Å². The number of imidazole rings is 2. The number of carboxylic acid groups (broad SMARTS) is 2. The van der Waals surface area contributed by atoms with Gasteiger partial charge >= 0.3 is 11.9 Å². The first kappa shape index (κ1) is 26.0. The zero-order chi connectivity index (χ0) is 25.3. The van der Waals surface area contributed by atoms with Crippen LogP contribution in [0.1, 0.15) is 24.7 Å². The minimum absolute atomic E-state index is 0.0993. The van der Waals surface area contributed by atoms with E-state index in [1.807, 2.05) is 0 Å². The van der Waals surface area contributed by atoms with Crippen molar-refractivity contribution in [2.75, 3.05) is 0 Å². The third-order valence-corrected chi connectivity index (χ3v) is 4.63. The molecule has 184 valence electrons. The van der Waals surface area contributed by atoms with E-state index in [0.29, 0.717) is 11.4 Å². The number of hydrogen-bond donors (Lipinski definition) is 8. The van der Waals surface area contributed by atoms with Gasteiger partial charge in [-0.1, -0.05) is 0 Å². The molecule has 0 aliphatic heterocycles. The molecule has 0 saturated carbocycles. The highest BCUT2D eigenvalue weighted by molar-refractivity contribution is 5.95. The van der Waals surface area contributed by atoms with E-state index in [1.165, 1.54) is 32.0 Å². The highest BCUT2D eigenvalue weighted by Crippen LogP contribution is 2.05. The highest BCUT2D eigenvalue weighted by atomic mass is 16.4. The number of aromatic nitrogens is 4. The van der Waals surface area contributed by atoms with Crippen molar-refractivity contribution in [2.45, 2.75) is 50.4 Å². The summed E-state index contributed by atoms with van der Waals surface area (Å²) in [4.78, 5) is 73.6. The van der Waals surface area contributed by atoms with Gasteiger partial charge in [-0.25, -0.2) is 14.8 Å². The van der Waals surface area contributed by atoms with Crippen LogP contribution in [0, 0.1) is 0 Å². The number of carboxylic acids is 2. The van der Waals surface area contributed by atoms with E-state index in [1.54, 1.807) is 0 Å². The van der Waals surface area contributed by atoms with E-state index in [0.717, 1.165) is 0 Å². The summed E-state index contributed by atoms with van der Waals surface area (Å²) in [5, 5.41) is 25.6. The smallest absolute Gasteiger partial charge is 0.326 e. The van der Waals surface area contributed by atoms with Crippen LogP contribution in [0.25, 0.3) is 0 Å². The monoisotopic (exact) mass is 478 g/mol. The number of aliphatic carboxylic acids is 2. The summed E-state index contributed by atoms with van der Waals surface area (Å²) >= 11 is 0. The van der Waals surface area contributed by atoms with Gasteiger partial charge in [0.15, 0.2) is 0 Å². The van der Waals surface area contributed by atoms with E-state index < -0.39 is 60.2 Å². The van der Waals surface area contributed by atoms with Gasteiger partial charge in [0.25, 0.3) is 0 Å². The Hall–Kier alpha value is -4.27. The molecule has 0 fully saturated rings. The van der Waals surface area contributed by atoms with Gasteiger partial charge in [-0.05, 0) is 6.92 Å². The van der Waals surface area contributed by atoms with Crippen LogP contribution in [0.4, 0.5) is 0 Å². The molecule has 34 heavy (non-hydrogen) atoms. The Morgan fingerprint density at radius 3 is 1.76 bits per heavy atom. The highest BCUT2D eigenvalue weighted by Gasteiger charge is 2.31. The lowest BCUT2D eigenvalue weighted by Gasteiger charge is -2.24. The molecule has 0 saturated heterocycles. The van der Waals surface area contributed by atoms with Crippen LogP contribution < -0.4 is 21.7 Å². The molecule has 0 aromatic carbocycles. The SMILES string of the molecule is CC(N)C(=O)NC(CC(=O)O)C(=O)NC(Cc1cnc[nH]1)C(=O)NC(Cc1cnc[nH]1)C(=O)O. The van der Waals surface area contributed by atoms with Crippen molar-refractivity contribution < 1.29 is 34.2 Å². The summed E-state index contributed by atoms with van der Waals surface area (Å²) < 4.78 is 0. The normalized spacial score (nSPS) is 14.3. The van der Waals surface area contributed by atoms with Crippen LogP contribution in [0.5, 0.6) is 0 Å². The van der Waals surface area contributed by atoms with Gasteiger partial charge in [-0.3, -0.25) is 19.2 Å². The summed E-state index contributed by atoms with van der Waals surface area (Å²) in [6.07, 6.45) is 4.53. The molecule has 2 rings (SSSR count). The number of rotatable bonds is 13. The predicted molar refractivity (Wildman–Crippen MR) is 114 cm³/mol. The van der Waals surface area contributed by atoms with Crippen molar-refractivity contribution in [1.82, 2.24) is 35.9 Å². The Kier molecular flexibility index (Phi) is 9.25. The number of H-pyrrole nitrogens is 2. The fourth-order valence-corrected chi connectivity index (χ4v) is 2.87. The Morgan fingerprint density at radius 1 is 0.853 bits per heavy atom. The predicted octanol–water partition coefficient (Wildman–Crippen LogP) is -2.72. The fraction of sp³-hybridized carbons (Fsp3) is 0.421. The van der Waals surface area contributed by atoms with Gasteiger partial charge < -0.3 is 41.9 Å². The molecule has 15 heteroatoms. The first-order chi connectivity index (χ1) is 16.1.